The van der Waals surface area contributed by atoms with Crippen LogP contribution in [-0.2, 0) is 9.53 Å². The predicted molar refractivity (Wildman–Crippen MR) is 102 cm³/mol. The molecule has 0 amide bonds. The Balaban J connectivity index is 2.72. The van der Waals surface area contributed by atoms with Crippen LogP contribution in [0.1, 0.15) is 52.0 Å². The number of carbonyl (C=O) groups excluding carboxylic acids is 1. The fourth-order valence-corrected chi connectivity index (χ4v) is 3.45. The van der Waals surface area contributed by atoms with E-state index in [4.69, 9.17) is 9.47 Å². The largest absolute Gasteiger partial charge is 0.493 e. The van der Waals surface area contributed by atoms with Gasteiger partial charge in [-0.15, -0.1) is 0 Å². The minimum atomic E-state index is -1.29. The molecule has 158 valence electrons. The number of hydrogen-bond acceptors (Lipinski definition) is 6. The number of benzene rings is 1. The van der Waals surface area contributed by atoms with Gasteiger partial charge >= 0.3 is 5.97 Å². The van der Waals surface area contributed by atoms with Gasteiger partial charge in [0.2, 0.25) is 5.82 Å². The Kier molecular flexibility index (Phi) is 6.94. The molecular formula is C20H24F2N2O5. The molecule has 0 aliphatic carbocycles. The van der Waals surface area contributed by atoms with E-state index in [-0.39, 0.29) is 28.6 Å². The lowest BCUT2D eigenvalue weighted by molar-refractivity contribution is -0.431. The van der Waals surface area contributed by atoms with E-state index >= 15 is 0 Å². The lowest BCUT2D eigenvalue weighted by atomic mass is 9.83. The third kappa shape index (κ3) is 4.23. The molecule has 1 unspecified atom stereocenters. The lowest BCUT2D eigenvalue weighted by Gasteiger charge is -2.28. The summed E-state index contributed by atoms with van der Waals surface area (Å²) in [5.74, 6) is -4.99. The van der Waals surface area contributed by atoms with E-state index in [0.29, 0.717) is 18.5 Å². The molecule has 0 aromatic heterocycles. The summed E-state index contributed by atoms with van der Waals surface area (Å²) in [6, 6.07) is 2.03. The summed E-state index contributed by atoms with van der Waals surface area (Å²) in [5, 5.41) is 14.7. The number of dihydropyridines is 1. The number of nitrogens with one attached hydrogen (secondary N) is 1. The standard InChI is InChI=1S/C20H24F2N2O5/c1-6-12(7-2)29-20(25)15-10(3)23-11(4)18(24(26)27)16(15)13-8-9-14(21)17(22)19(13)28-5/h8-9,12,16,23H,6-7H2,1-5H3. The lowest BCUT2D eigenvalue weighted by Crippen LogP contribution is -2.33. The summed E-state index contributed by atoms with van der Waals surface area (Å²) < 4.78 is 38.6. The number of carbonyl (C=O) groups is 1. The predicted octanol–water partition coefficient (Wildman–Crippen LogP) is 4.17. The first-order valence-corrected chi connectivity index (χ1v) is 9.23. The first kappa shape index (κ1) is 22.3. The highest BCUT2D eigenvalue weighted by Gasteiger charge is 2.43. The van der Waals surface area contributed by atoms with Gasteiger partial charge < -0.3 is 14.8 Å². The fraction of sp³-hybridized carbons (Fsp3) is 0.450. The van der Waals surface area contributed by atoms with E-state index in [1.54, 1.807) is 6.92 Å². The number of nitrogens with zero attached hydrogens (tertiary/aromatic N) is 1. The molecule has 1 aromatic carbocycles. The maximum Gasteiger partial charge on any atom is 0.337 e. The number of rotatable bonds is 7. The van der Waals surface area contributed by atoms with Gasteiger partial charge in [0.15, 0.2) is 11.6 Å². The van der Waals surface area contributed by atoms with Crippen LogP contribution >= 0.6 is 0 Å². The zero-order valence-corrected chi connectivity index (χ0v) is 17.0. The smallest absolute Gasteiger partial charge is 0.337 e. The molecule has 29 heavy (non-hydrogen) atoms. The van der Waals surface area contributed by atoms with Gasteiger partial charge in [-0.3, -0.25) is 10.1 Å². The van der Waals surface area contributed by atoms with Gasteiger partial charge in [0.05, 0.1) is 23.3 Å². The van der Waals surface area contributed by atoms with Crippen LogP contribution in [0, 0.1) is 21.7 Å². The van der Waals surface area contributed by atoms with Crippen LogP contribution in [0.15, 0.2) is 34.8 Å². The van der Waals surface area contributed by atoms with Gasteiger partial charge in [-0.1, -0.05) is 19.9 Å². The summed E-state index contributed by atoms with van der Waals surface area (Å²) in [7, 11) is 1.13. The van der Waals surface area contributed by atoms with Crippen molar-refractivity contribution in [1.82, 2.24) is 5.32 Å². The molecule has 1 N–H and O–H groups in total. The van der Waals surface area contributed by atoms with Crippen molar-refractivity contribution in [3.63, 3.8) is 0 Å². The molecule has 9 heteroatoms. The van der Waals surface area contributed by atoms with Crippen LogP contribution in [0.3, 0.4) is 0 Å². The van der Waals surface area contributed by atoms with E-state index in [0.717, 1.165) is 13.2 Å². The summed E-state index contributed by atoms with van der Waals surface area (Å²) >= 11 is 0. The Morgan fingerprint density at radius 3 is 2.38 bits per heavy atom. The minimum Gasteiger partial charge on any atom is -0.493 e. The first-order valence-electron chi connectivity index (χ1n) is 9.23. The molecule has 1 aromatic rings. The maximum absolute atomic E-state index is 14.4. The van der Waals surface area contributed by atoms with Gasteiger partial charge in [-0.25, -0.2) is 9.18 Å². The van der Waals surface area contributed by atoms with Gasteiger partial charge in [-0.2, -0.15) is 4.39 Å². The Labute approximate surface area is 167 Å². The summed E-state index contributed by atoms with van der Waals surface area (Å²) in [6.07, 6.45) is 0.761. The molecular weight excluding hydrogens is 386 g/mol. The molecule has 0 saturated carbocycles. The number of esters is 1. The molecule has 1 aliphatic rings. The van der Waals surface area contributed by atoms with Crippen LogP contribution in [0.5, 0.6) is 5.75 Å². The van der Waals surface area contributed by atoms with Gasteiger partial charge in [0, 0.05) is 11.3 Å². The second-order valence-corrected chi connectivity index (χ2v) is 6.69. The van der Waals surface area contributed by atoms with E-state index < -0.39 is 34.2 Å². The molecule has 0 radical (unpaired) electrons. The molecule has 0 bridgehead atoms. The maximum atomic E-state index is 14.4. The molecule has 1 aliphatic heterocycles. The van der Waals surface area contributed by atoms with Crippen LogP contribution in [0.2, 0.25) is 0 Å². The van der Waals surface area contributed by atoms with Gasteiger partial charge in [-0.05, 0) is 32.8 Å². The third-order valence-corrected chi connectivity index (χ3v) is 4.92. The minimum absolute atomic E-state index is 0.0326. The third-order valence-electron chi connectivity index (χ3n) is 4.92. The number of allylic oxidation sites excluding steroid dienone is 3. The number of halogens is 2. The summed E-state index contributed by atoms with van der Waals surface area (Å²) in [5.41, 5.74) is 0.0777. The van der Waals surface area contributed by atoms with E-state index in [1.165, 1.54) is 13.0 Å². The quantitative estimate of drug-likeness (QED) is 0.412. The Hall–Kier alpha value is -2.97. The zero-order chi connectivity index (χ0) is 21.9. The van der Waals surface area contributed by atoms with Crippen LogP contribution in [0.4, 0.5) is 8.78 Å². The monoisotopic (exact) mass is 410 g/mol. The van der Waals surface area contributed by atoms with Crippen molar-refractivity contribution in [2.45, 2.75) is 52.6 Å². The molecule has 1 atom stereocenters. The second-order valence-electron chi connectivity index (χ2n) is 6.69. The number of nitro groups is 1. The molecule has 0 saturated heterocycles. The van der Waals surface area contributed by atoms with Crippen molar-refractivity contribution < 1.29 is 28.0 Å². The van der Waals surface area contributed by atoms with Crippen molar-refractivity contribution in [3.05, 3.63) is 62.1 Å². The molecule has 0 spiro atoms. The average molecular weight is 410 g/mol. The molecule has 1 heterocycles. The zero-order valence-electron chi connectivity index (χ0n) is 17.0. The molecule has 2 rings (SSSR count). The highest BCUT2D eigenvalue weighted by atomic mass is 19.2. The van der Waals surface area contributed by atoms with Crippen molar-refractivity contribution in [2.75, 3.05) is 7.11 Å². The Morgan fingerprint density at radius 2 is 1.86 bits per heavy atom. The van der Waals surface area contributed by atoms with Crippen molar-refractivity contribution in [1.29, 1.82) is 0 Å². The van der Waals surface area contributed by atoms with E-state index in [2.05, 4.69) is 5.32 Å². The highest BCUT2D eigenvalue weighted by Crippen LogP contribution is 2.43. The van der Waals surface area contributed by atoms with Crippen molar-refractivity contribution in [3.8, 4) is 5.75 Å². The van der Waals surface area contributed by atoms with Crippen LogP contribution in [0.25, 0.3) is 0 Å². The van der Waals surface area contributed by atoms with Crippen LogP contribution < -0.4 is 10.1 Å². The highest BCUT2D eigenvalue weighted by molar-refractivity contribution is 5.92. The molecule has 0 fully saturated rings. The van der Waals surface area contributed by atoms with Crippen molar-refractivity contribution >= 4 is 5.97 Å². The number of methoxy groups -OCH3 is 1. The topological polar surface area (TPSA) is 90.7 Å². The second kappa shape index (κ2) is 9.02. The van der Waals surface area contributed by atoms with Gasteiger partial charge in [0.1, 0.15) is 12.0 Å². The summed E-state index contributed by atoms with van der Waals surface area (Å²) in [4.78, 5) is 24.2. The van der Waals surface area contributed by atoms with Gasteiger partial charge in [0.25, 0.3) is 5.70 Å². The SMILES string of the molecule is CCC(CC)OC(=O)C1=C(C)NC(C)=C([N+](=O)[O-])C1c1ccc(F)c(F)c1OC. The summed E-state index contributed by atoms with van der Waals surface area (Å²) in [6.45, 7) is 6.75. The van der Waals surface area contributed by atoms with E-state index in [1.807, 2.05) is 13.8 Å². The average Bonchev–Trinajstić information content (AvgIpc) is 2.66. The normalized spacial score (nSPS) is 16.8. The van der Waals surface area contributed by atoms with E-state index in [9.17, 15) is 23.7 Å². The van der Waals surface area contributed by atoms with Crippen molar-refractivity contribution in [2.24, 2.45) is 0 Å². The Bertz CT molecular complexity index is 891. The molecule has 7 nitrogen and oxygen atoms in total. The first-order chi connectivity index (χ1) is 13.7. The number of hydrogen-bond donors (Lipinski definition) is 1. The Morgan fingerprint density at radius 1 is 1.24 bits per heavy atom. The van der Waals surface area contributed by atoms with Crippen LogP contribution in [-0.4, -0.2) is 24.1 Å². The fourth-order valence-electron chi connectivity index (χ4n) is 3.45. The number of ether oxygens (including phenoxy) is 2.